The molecule has 2 heterocycles. The van der Waals surface area contributed by atoms with E-state index in [1.807, 2.05) is 0 Å². The summed E-state index contributed by atoms with van der Waals surface area (Å²) in [4.78, 5) is 15.9. The Balaban J connectivity index is 1.89. The van der Waals surface area contributed by atoms with Crippen LogP contribution in [0.1, 0.15) is 12.8 Å². The van der Waals surface area contributed by atoms with Gasteiger partial charge in [0.2, 0.25) is 3.79 Å². The Labute approximate surface area is 153 Å². The molecular weight excluding hydrogens is 388 g/mol. The topological polar surface area (TPSA) is 72.5 Å². The molecule has 1 fully saturated rings. The minimum atomic E-state index is -1.82. The van der Waals surface area contributed by atoms with Gasteiger partial charge < -0.3 is 14.8 Å². The van der Waals surface area contributed by atoms with Crippen LogP contribution < -0.4 is 10.6 Å². The van der Waals surface area contributed by atoms with E-state index in [2.05, 4.69) is 15.6 Å². The molecule has 1 aromatic heterocycles. The standard InChI is InChI=1S/C13H15Cl4N3O3/c14-8-3-4-10(18-6-8)19-11(13(15,16)17)20-12(21)23-7-9-2-1-5-22-9/h3-4,6,9,11H,1-2,5,7H2,(H,18,19)(H,20,21)/t9-,11-/m1/s1. The van der Waals surface area contributed by atoms with Crippen molar-refractivity contribution in [1.82, 2.24) is 10.3 Å². The fourth-order valence-electron chi connectivity index (χ4n) is 1.91. The molecule has 0 aromatic carbocycles. The molecule has 2 N–H and O–H groups in total. The Kier molecular flexibility index (Phi) is 6.85. The largest absolute Gasteiger partial charge is 0.447 e. The van der Waals surface area contributed by atoms with E-state index in [0.29, 0.717) is 17.4 Å². The smallest absolute Gasteiger partial charge is 0.408 e. The maximum absolute atomic E-state index is 11.9. The van der Waals surface area contributed by atoms with Crippen LogP contribution in [0.15, 0.2) is 18.3 Å². The molecular formula is C13H15Cl4N3O3. The van der Waals surface area contributed by atoms with E-state index in [4.69, 9.17) is 55.9 Å². The van der Waals surface area contributed by atoms with Gasteiger partial charge in [-0.15, -0.1) is 0 Å². The van der Waals surface area contributed by atoms with Crippen LogP contribution in [0.2, 0.25) is 5.02 Å². The highest BCUT2D eigenvalue weighted by Crippen LogP contribution is 2.31. The van der Waals surface area contributed by atoms with E-state index in [0.717, 1.165) is 12.8 Å². The number of alkyl halides is 3. The van der Waals surface area contributed by atoms with E-state index in [9.17, 15) is 4.79 Å². The normalized spacial score (nSPS) is 19.2. The molecule has 1 amide bonds. The van der Waals surface area contributed by atoms with Crippen molar-refractivity contribution >= 4 is 58.3 Å². The lowest BCUT2D eigenvalue weighted by atomic mass is 10.2. The van der Waals surface area contributed by atoms with E-state index in [1.165, 1.54) is 6.20 Å². The number of alkyl carbamates (subject to hydrolysis) is 1. The summed E-state index contributed by atoms with van der Waals surface area (Å²) in [6.45, 7) is 0.827. The molecule has 23 heavy (non-hydrogen) atoms. The number of halogens is 4. The summed E-state index contributed by atoms with van der Waals surface area (Å²) < 4.78 is 8.62. The highest BCUT2D eigenvalue weighted by molar-refractivity contribution is 6.68. The van der Waals surface area contributed by atoms with Crippen LogP contribution in [0.25, 0.3) is 0 Å². The van der Waals surface area contributed by atoms with Crippen LogP contribution in [0.3, 0.4) is 0 Å². The Hall–Kier alpha value is -0.660. The van der Waals surface area contributed by atoms with Crippen molar-refractivity contribution in [3.05, 3.63) is 23.4 Å². The van der Waals surface area contributed by atoms with E-state index >= 15 is 0 Å². The lowest BCUT2D eigenvalue weighted by molar-refractivity contribution is 0.0432. The van der Waals surface area contributed by atoms with E-state index in [-0.39, 0.29) is 12.7 Å². The summed E-state index contributed by atoms with van der Waals surface area (Å²) in [6.07, 6.45) is 1.38. The summed E-state index contributed by atoms with van der Waals surface area (Å²) in [5.41, 5.74) is 0. The molecule has 0 unspecified atom stereocenters. The number of ether oxygens (including phenoxy) is 2. The lowest BCUT2D eigenvalue weighted by Gasteiger charge is -2.26. The second-order valence-electron chi connectivity index (χ2n) is 4.86. The summed E-state index contributed by atoms with van der Waals surface area (Å²) in [7, 11) is 0. The van der Waals surface area contributed by atoms with Crippen molar-refractivity contribution < 1.29 is 14.3 Å². The first-order valence-corrected chi connectivity index (χ1v) is 8.35. The molecule has 0 bridgehead atoms. The summed E-state index contributed by atoms with van der Waals surface area (Å²) in [5.74, 6) is 0.380. The number of amides is 1. The average Bonchev–Trinajstić information content (AvgIpc) is 2.99. The zero-order valence-corrected chi connectivity index (χ0v) is 14.9. The minimum absolute atomic E-state index is 0.0853. The number of nitrogens with one attached hydrogen (secondary N) is 2. The number of hydrogen-bond acceptors (Lipinski definition) is 5. The Morgan fingerprint density at radius 3 is 2.83 bits per heavy atom. The fraction of sp³-hybridized carbons (Fsp3) is 0.538. The van der Waals surface area contributed by atoms with Gasteiger partial charge in [0.05, 0.1) is 11.1 Å². The summed E-state index contributed by atoms with van der Waals surface area (Å²) >= 11 is 23.4. The summed E-state index contributed by atoms with van der Waals surface area (Å²) in [5, 5.41) is 5.71. The minimum Gasteiger partial charge on any atom is -0.447 e. The molecule has 2 rings (SSSR count). The third-order valence-electron chi connectivity index (χ3n) is 3.03. The van der Waals surface area contributed by atoms with Gasteiger partial charge in [0.1, 0.15) is 12.4 Å². The highest BCUT2D eigenvalue weighted by Gasteiger charge is 2.35. The Morgan fingerprint density at radius 1 is 1.48 bits per heavy atom. The Bertz CT molecular complexity index is 518. The molecule has 6 nitrogen and oxygen atoms in total. The molecule has 1 aliphatic heterocycles. The Morgan fingerprint density at radius 2 is 2.26 bits per heavy atom. The maximum Gasteiger partial charge on any atom is 0.408 e. The van der Waals surface area contributed by atoms with Crippen LogP contribution in [-0.2, 0) is 9.47 Å². The molecule has 128 valence electrons. The number of carbonyl (C=O) groups is 1. The van der Waals surface area contributed by atoms with Gasteiger partial charge in [-0.3, -0.25) is 5.32 Å². The van der Waals surface area contributed by atoms with Gasteiger partial charge in [-0.05, 0) is 25.0 Å². The number of carbonyl (C=O) groups excluding carboxylic acids is 1. The SMILES string of the molecule is O=C(N[C@@H](Nc1ccc(Cl)cn1)C(Cl)(Cl)Cl)OC[C@H]1CCCO1. The van der Waals surface area contributed by atoms with E-state index in [1.54, 1.807) is 12.1 Å². The van der Waals surface area contributed by atoms with Crippen LogP contribution in [-0.4, -0.2) is 40.4 Å². The quantitative estimate of drug-likeness (QED) is 0.579. The number of aromatic nitrogens is 1. The van der Waals surface area contributed by atoms with Gasteiger partial charge in [0.15, 0.2) is 6.17 Å². The zero-order valence-electron chi connectivity index (χ0n) is 11.9. The molecule has 1 saturated heterocycles. The van der Waals surface area contributed by atoms with Crippen molar-refractivity contribution in [1.29, 1.82) is 0 Å². The second kappa shape index (κ2) is 8.44. The lowest BCUT2D eigenvalue weighted by Crippen LogP contribution is -2.49. The van der Waals surface area contributed by atoms with Crippen molar-refractivity contribution in [2.24, 2.45) is 0 Å². The number of hydrogen-bond donors (Lipinski definition) is 2. The highest BCUT2D eigenvalue weighted by atomic mass is 35.6. The molecule has 10 heteroatoms. The third kappa shape index (κ3) is 6.39. The maximum atomic E-state index is 11.9. The molecule has 0 radical (unpaired) electrons. The van der Waals surface area contributed by atoms with Crippen molar-refractivity contribution in [3.63, 3.8) is 0 Å². The molecule has 0 aliphatic carbocycles. The first-order chi connectivity index (χ1) is 10.8. The second-order valence-corrected chi connectivity index (χ2v) is 7.66. The molecule has 1 aromatic rings. The number of anilines is 1. The number of nitrogens with zero attached hydrogens (tertiary/aromatic N) is 1. The van der Waals surface area contributed by atoms with Crippen molar-refractivity contribution in [3.8, 4) is 0 Å². The predicted molar refractivity (Wildman–Crippen MR) is 90.4 cm³/mol. The van der Waals surface area contributed by atoms with E-state index < -0.39 is 16.1 Å². The van der Waals surface area contributed by atoms with Crippen molar-refractivity contribution in [2.75, 3.05) is 18.5 Å². The van der Waals surface area contributed by atoms with Gasteiger partial charge in [-0.1, -0.05) is 46.4 Å². The van der Waals surface area contributed by atoms with Gasteiger partial charge >= 0.3 is 6.09 Å². The molecule has 2 atom stereocenters. The number of rotatable bonds is 5. The monoisotopic (exact) mass is 401 g/mol. The van der Waals surface area contributed by atoms with Gasteiger partial charge in [0, 0.05) is 12.8 Å². The molecule has 1 aliphatic rings. The van der Waals surface area contributed by atoms with Crippen LogP contribution >= 0.6 is 46.4 Å². The van der Waals surface area contributed by atoms with Gasteiger partial charge in [0.25, 0.3) is 0 Å². The first kappa shape index (κ1) is 18.7. The first-order valence-electron chi connectivity index (χ1n) is 6.84. The van der Waals surface area contributed by atoms with Crippen molar-refractivity contribution in [2.45, 2.75) is 28.9 Å². The molecule has 0 saturated carbocycles. The van der Waals surface area contributed by atoms with Gasteiger partial charge in [-0.2, -0.15) is 0 Å². The molecule has 0 spiro atoms. The zero-order chi connectivity index (χ0) is 16.9. The fourth-order valence-corrected chi connectivity index (χ4v) is 2.35. The van der Waals surface area contributed by atoms with Crippen LogP contribution in [0.5, 0.6) is 0 Å². The summed E-state index contributed by atoms with van der Waals surface area (Å²) in [6, 6.07) is 3.20. The number of pyridine rings is 1. The van der Waals surface area contributed by atoms with Crippen LogP contribution in [0, 0.1) is 0 Å². The van der Waals surface area contributed by atoms with Gasteiger partial charge in [-0.25, -0.2) is 9.78 Å². The third-order valence-corrected chi connectivity index (χ3v) is 3.91. The predicted octanol–water partition coefficient (Wildman–Crippen LogP) is 3.75. The average molecular weight is 403 g/mol. The van der Waals surface area contributed by atoms with Crippen LogP contribution in [0.4, 0.5) is 10.6 Å².